The topological polar surface area (TPSA) is 64.1 Å². The maximum Gasteiger partial charge on any atom is 0.269 e. The second kappa shape index (κ2) is 7.79. The van der Waals surface area contributed by atoms with Gasteiger partial charge in [0.05, 0.1) is 4.92 Å². The molecule has 0 aliphatic carbocycles. The Bertz CT molecular complexity index is 684. The monoisotopic (exact) mass is 364 g/mol. The number of aromatic nitrogens is 1. The van der Waals surface area contributed by atoms with E-state index in [0.717, 1.165) is 17.7 Å². The summed E-state index contributed by atoms with van der Waals surface area (Å²) in [5.74, 6) is -0.0637. The lowest BCUT2D eigenvalue weighted by Crippen LogP contribution is -3.00. The smallest absolute Gasteiger partial charge is 0.269 e. The third-order valence-corrected chi connectivity index (χ3v) is 3.44. The molecule has 0 N–H and O–H groups in total. The van der Waals surface area contributed by atoms with Crippen molar-refractivity contribution in [3.8, 4) is 0 Å². The van der Waals surface area contributed by atoms with Crippen LogP contribution in [0.1, 0.15) is 28.5 Å². The zero-order valence-electron chi connectivity index (χ0n) is 12.5. The van der Waals surface area contributed by atoms with Gasteiger partial charge in [-0.25, -0.2) is 0 Å². The Labute approximate surface area is 139 Å². The molecule has 0 fully saturated rings. The highest BCUT2D eigenvalue weighted by atomic mass is 79.9. The van der Waals surface area contributed by atoms with Crippen LogP contribution in [0, 0.1) is 17.0 Å². The van der Waals surface area contributed by atoms with Crippen LogP contribution in [0.2, 0.25) is 0 Å². The summed E-state index contributed by atoms with van der Waals surface area (Å²) in [6.07, 6.45) is 2.88. The number of halogens is 1. The van der Waals surface area contributed by atoms with Gasteiger partial charge in [0.2, 0.25) is 12.3 Å². The lowest BCUT2D eigenvalue weighted by Gasteiger charge is -2.03. The van der Waals surface area contributed by atoms with Gasteiger partial charge in [0, 0.05) is 36.2 Å². The highest BCUT2D eigenvalue weighted by molar-refractivity contribution is 5.95. The first-order valence-corrected chi connectivity index (χ1v) is 6.78. The Balaban J connectivity index is 0.00000242. The average Bonchev–Trinajstić information content (AvgIpc) is 2.49. The molecule has 1 aromatic heterocycles. The number of hydrogen-bond donors (Lipinski definition) is 0. The fraction of sp³-hybridized carbons (Fsp3) is 0.250. The molecule has 116 valence electrons. The Kier molecular flexibility index (Phi) is 6.37. The summed E-state index contributed by atoms with van der Waals surface area (Å²) in [6.45, 7) is 4.24. The molecule has 0 aliphatic rings. The summed E-state index contributed by atoms with van der Waals surface area (Å²) in [6, 6.07) is 9.74. The van der Waals surface area contributed by atoms with Crippen LogP contribution in [0.15, 0.2) is 42.6 Å². The maximum absolute atomic E-state index is 12.3. The van der Waals surface area contributed by atoms with E-state index in [1.807, 2.05) is 29.8 Å². The number of nitro benzene ring substituents is 1. The van der Waals surface area contributed by atoms with Gasteiger partial charge in [-0.1, -0.05) is 6.92 Å². The Morgan fingerprint density at radius 1 is 1.18 bits per heavy atom. The van der Waals surface area contributed by atoms with Crippen LogP contribution in [0.5, 0.6) is 0 Å². The summed E-state index contributed by atoms with van der Waals surface area (Å²) >= 11 is 0. The number of carbonyl (C=O) groups is 1. The largest absolute Gasteiger partial charge is 1.00 e. The van der Waals surface area contributed by atoms with E-state index < -0.39 is 4.92 Å². The van der Waals surface area contributed by atoms with Crippen LogP contribution < -0.4 is 21.5 Å². The molecule has 0 amide bonds. The zero-order valence-corrected chi connectivity index (χ0v) is 14.0. The molecular weight excluding hydrogens is 348 g/mol. The number of carbonyl (C=O) groups excluding carboxylic acids is 1. The molecule has 0 unspecified atom stereocenters. The maximum atomic E-state index is 12.3. The zero-order chi connectivity index (χ0) is 15.4. The fourth-order valence-electron chi connectivity index (χ4n) is 2.06. The first-order chi connectivity index (χ1) is 10.0. The number of nitro groups is 1. The van der Waals surface area contributed by atoms with Gasteiger partial charge < -0.3 is 17.0 Å². The van der Waals surface area contributed by atoms with Crippen molar-refractivity contribution in [3.63, 3.8) is 0 Å². The lowest BCUT2D eigenvalue weighted by molar-refractivity contribution is -0.689. The van der Waals surface area contributed by atoms with E-state index in [4.69, 9.17) is 0 Å². The predicted octanol–water partition coefficient (Wildman–Crippen LogP) is -0.360. The molecule has 5 nitrogen and oxygen atoms in total. The molecule has 0 aliphatic heterocycles. The molecule has 1 heterocycles. The summed E-state index contributed by atoms with van der Waals surface area (Å²) in [7, 11) is 0. The van der Waals surface area contributed by atoms with Gasteiger partial charge >= 0.3 is 0 Å². The van der Waals surface area contributed by atoms with Gasteiger partial charge in [-0.3, -0.25) is 14.9 Å². The van der Waals surface area contributed by atoms with Gasteiger partial charge in [-0.15, -0.1) is 0 Å². The Morgan fingerprint density at radius 3 is 2.36 bits per heavy atom. The Morgan fingerprint density at radius 2 is 1.82 bits per heavy atom. The number of benzene rings is 1. The molecule has 2 aromatic rings. The van der Waals surface area contributed by atoms with Crippen molar-refractivity contribution in [2.24, 2.45) is 0 Å². The molecule has 0 saturated heterocycles. The number of rotatable bonds is 5. The van der Waals surface area contributed by atoms with Crippen molar-refractivity contribution in [2.75, 3.05) is 0 Å². The molecule has 0 atom stereocenters. The van der Waals surface area contributed by atoms with E-state index in [-0.39, 0.29) is 35.0 Å². The fourth-order valence-corrected chi connectivity index (χ4v) is 2.06. The van der Waals surface area contributed by atoms with Gasteiger partial charge in [-0.2, -0.15) is 4.57 Å². The van der Waals surface area contributed by atoms with Gasteiger partial charge in [0.15, 0.2) is 11.9 Å². The second-order valence-corrected chi connectivity index (χ2v) is 4.89. The summed E-state index contributed by atoms with van der Waals surface area (Å²) in [4.78, 5) is 22.4. The van der Waals surface area contributed by atoms with Crippen LogP contribution in [-0.4, -0.2) is 10.7 Å². The number of ketones is 1. The average molecular weight is 365 g/mol. The van der Waals surface area contributed by atoms with Crippen LogP contribution in [-0.2, 0) is 13.0 Å². The van der Waals surface area contributed by atoms with Crippen molar-refractivity contribution >= 4 is 11.5 Å². The molecule has 0 spiro atoms. The predicted molar refractivity (Wildman–Crippen MR) is 78.2 cm³/mol. The van der Waals surface area contributed by atoms with E-state index >= 15 is 0 Å². The normalized spacial score (nSPS) is 9.91. The molecule has 0 saturated carbocycles. The molecule has 6 heteroatoms. The minimum Gasteiger partial charge on any atom is -1.00 e. The summed E-state index contributed by atoms with van der Waals surface area (Å²) in [5.41, 5.74) is 2.64. The van der Waals surface area contributed by atoms with E-state index in [1.165, 1.54) is 24.3 Å². The molecule has 0 bridgehead atoms. The number of Topliss-reactive ketones (excluding diaryl/α,β-unsaturated/α-hetero) is 1. The van der Waals surface area contributed by atoms with Crippen molar-refractivity contribution in [2.45, 2.75) is 26.8 Å². The quantitative estimate of drug-likeness (QED) is 0.315. The van der Waals surface area contributed by atoms with Gasteiger partial charge in [0.1, 0.15) is 0 Å². The number of pyridine rings is 1. The highest BCUT2D eigenvalue weighted by Gasteiger charge is 2.16. The van der Waals surface area contributed by atoms with E-state index in [9.17, 15) is 14.9 Å². The van der Waals surface area contributed by atoms with E-state index in [2.05, 4.69) is 6.92 Å². The van der Waals surface area contributed by atoms with E-state index in [0.29, 0.717) is 5.56 Å². The number of hydrogen-bond acceptors (Lipinski definition) is 3. The standard InChI is InChI=1S/C16H17N2O3.BrH/c1-3-13-5-4-12(2)17(10-13)11-16(19)14-6-8-15(9-7-14)18(20)21;/h4-10H,3,11H2,1-2H3;1H/q+1;/p-1. The third kappa shape index (κ3) is 4.21. The summed E-state index contributed by atoms with van der Waals surface area (Å²) < 4.78 is 1.91. The van der Waals surface area contributed by atoms with Gasteiger partial charge in [0.25, 0.3) is 5.69 Å². The molecule has 0 radical (unpaired) electrons. The van der Waals surface area contributed by atoms with Crippen molar-refractivity contribution < 1.29 is 31.3 Å². The van der Waals surface area contributed by atoms with Crippen LogP contribution in [0.25, 0.3) is 0 Å². The molecule has 22 heavy (non-hydrogen) atoms. The van der Waals surface area contributed by atoms with Crippen LogP contribution in [0.3, 0.4) is 0 Å². The van der Waals surface area contributed by atoms with Crippen LogP contribution in [0.4, 0.5) is 5.69 Å². The third-order valence-electron chi connectivity index (χ3n) is 3.44. The number of aryl methyl sites for hydroxylation is 2. The summed E-state index contributed by atoms with van der Waals surface area (Å²) in [5, 5.41) is 10.6. The van der Waals surface area contributed by atoms with Crippen molar-refractivity contribution in [3.05, 3.63) is 69.5 Å². The van der Waals surface area contributed by atoms with Crippen LogP contribution >= 0.6 is 0 Å². The highest BCUT2D eigenvalue weighted by Crippen LogP contribution is 2.12. The lowest BCUT2D eigenvalue weighted by atomic mass is 10.1. The van der Waals surface area contributed by atoms with E-state index in [1.54, 1.807) is 0 Å². The number of non-ortho nitro benzene ring substituents is 1. The van der Waals surface area contributed by atoms with Crippen molar-refractivity contribution in [1.29, 1.82) is 0 Å². The first kappa shape index (κ1) is 18.0. The first-order valence-electron chi connectivity index (χ1n) is 6.78. The minimum absolute atomic E-state index is 0. The second-order valence-electron chi connectivity index (χ2n) is 4.89. The number of nitrogens with zero attached hydrogens (tertiary/aromatic N) is 2. The van der Waals surface area contributed by atoms with Crippen molar-refractivity contribution in [1.82, 2.24) is 0 Å². The molecular formula is C16H17BrN2O3. The Hall–Kier alpha value is -2.08. The van der Waals surface area contributed by atoms with Gasteiger partial charge in [-0.05, 0) is 24.6 Å². The molecule has 2 rings (SSSR count). The molecule has 1 aromatic carbocycles. The SMILES string of the molecule is CCc1ccc(C)[n+](CC(=O)c2ccc([N+](=O)[O-])cc2)c1.[Br-]. The minimum atomic E-state index is -0.474.